The maximum Gasteiger partial charge on any atom is 0.348 e. The molecule has 0 saturated heterocycles. The highest BCUT2D eigenvalue weighted by Crippen LogP contribution is 2.23. The number of nitriles is 1. The third-order valence-corrected chi connectivity index (χ3v) is 5.03. The van der Waals surface area contributed by atoms with Crippen molar-refractivity contribution < 1.29 is 18.7 Å². The van der Waals surface area contributed by atoms with Crippen molar-refractivity contribution in [2.24, 2.45) is 0 Å². The molecule has 0 aliphatic heterocycles. The van der Waals surface area contributed by atoms with E-state index in [2.05, 4.69) is 6.92 Å². The minimum absolute atomic E-state index is 0.113. The zero-order valence-electron chi connectivity index (χ0n) is 15.3. The fourth-order valence-electron chi connectivity index (χ4n) is 2.59. The van der Waals surface area contributed by atoms with Gasteiger partial charge in [0.25, 0.3) is 5.91 Å². The Bertz CT molecular complexity index is 840. The van der Waals surface area contributed by atoms with Crippen LogP contribution in [-0.2, 0) is 16.0 Å². The van der Waals surface area contributed by atoms with Crippen molar-refractivity contribution in [3.8, 4) is 6.07 Å². The lowest BCUT2D eigenvalue weighted by molar-refractivity contribution is -0.121. The second kappa shape index (κ2) is 9.83. The van der Waals surface area contributed by atoms with Gasteiger partial charge in [0.1, 0.15) is 10.7 Å². The maximum atomic E-state index is 13.1. The van der Waals surface area contributed by atoms with Crippen molar-refractivity contribution in [2.75, 3.05) is 18.1 Å². The van der Waals surface area contributed by atoms with E-state index in [0.717, 1.165) is 23.3 Å². The molecule has 1 aromatic carbocycles. The number of amides is 1. The van der Waals surface area contributed by atoms with Crippen molar-refractivity contribution in [3.63, 3.8) is 0 Å². The molecule has 0 N–H and O–H groups in total. The number of halogens is 1. The predicted octanol–water partition coefficient (Wildman–Crippen LogP) is 4.25. The van der Waals surface area contributed by atoms with E-state index in [4.69, 9.17) is 10.00 Å². The van der Waals surface area contributed by atoms with E-state index in [1.165, 1.54) is 40.5 Å². The number of benzene rings is 1. The Kier molecular flexibility index (Phi) is 7.50. The summed E-state index contributed by atoms with van der Waals surface area (Å²) in [6.07, 6.45) is 1.98. The van der Waals surface area contributed by atoms with Gasteiger partial charge in [-0.3, -0.25) is 4.79 Å². The second-order valence-corrected chi connectivity index (χ2v) is 7.20. The normalized spacial score (nSPS) is 10.3. The first-order valence-corrected chi connectivity index (χ1v) is 9.47. The molecule has 0 atom stereocenters. The smallest absolute Gasteiger partial charge is 0.348 e. The lowest BCUT2D eigenvalue weighted by atomic mass is 10.1. The number of esters is 1. The molecule has 0 radical (unpaired) electrons. The van der Waals surface area contributed by atoms with Crippen LogP contribution in [0.3, 0.4) is 0 Å². The van der Waals surface area contributed by atoms with Crippen LogP contribution in [0.1, 0.15) is 39.9 Å². The Balaban J connectivity index is 2.04. The van der Waals surface area contributed by atoms with E-state index in [1.807, 2.05) is 19.1 Å². The summed E-state index contributed by atoms with van der Waals surface area (Å²) in [5.41, 5.74) is 1.56. The molecule has 0 saturated carbocycles. The van der Waals surface area contributed by atoms with Gasteiger partial charge in [-0.1, -0.05) is 13.3 Å². The summed E-state index contributed by atoms with van der Waals surface area (Å²) in [6, 6.07) is 9.15. The predicted molar refractivity (Wildman–Crippen MR) is 102 cm³/mol. The Labute approximate surface area is 162 Å². The average Bonchev–Trinajstić information content (AvgIpc) is 3.02. The molecular formula is C20H21FN2O3S. The van der Waals surface area contributed by atoms with Crippen LogP contribution in [0.15, 0.2) is 30.3 Å². The molecular weight excluding hydrogens is 367 g/mol. The molecule has 5 nitrogen and oxygen atoms in total. The third-order valence-electron chi connectivity index (χ3n) is 3.95. The van der Waals surface area contributed by atoms with Crippen LogP contribution in [-0.4, -0.2) is 25.0 Å². The quantitative estimate of drug-likeness (QED) is 0.634. The number of ether oxygens (including phenoxy) is 1. The molecule has 0 spiro atoms. The minimum Gasteiger partial charge on any atom is -0.451 e. The molecule has 0 aliphatic carbocycles. The maximum absolute atomic E-state index is 13.1. The van der Waals surface area contributed by atoms with Crippen molar-refractivity contribution in [1.29, 1.82) is 5.26 Å². The Morgan fingerprint density at radius 1 is 1.30 bits per heavy atom. The van der Waals surface area contributed by atoms with Gasteiger partial charge in [0.15, 0.2) is 6.61 Å². The van der Waals surface area contributed by atoms with Gasteiger partial charge in [0, 0.05) is 17.1 Å². The van der Waals surface area contributed by atoms with E-state index < -0.39 is 24.3 Å². The topological polar surface area (TPSA) is 70.4 Å². The van der Waals surface area contributed by atoms with Crippen LogP contribution in [0.2, 0.25) is 0 Å². The monoisotopic (exact) mass is 388 g/mol. The fourth-order valence-corrected chi connectivity index (χ4v) is 3.56. The molecule has 0 unspecified atom stereocenters. The summed E-state index contributed by atoms with van der Waals surface area (Å²) in [6.45, 7) is 3.72. The Morgan fingerprint density at radius 2 is 2.00 bits per heavy atom. The standard InChI is InChI=1S/C20H21FN2O3S/c1-3-5-15-12-18(27-14(15)2)20(25)26-13-19(24)23(11-4-10-22)17-8-6-16(21)7-9-17/h6-9,12H,3-5,11,13H2,1-2H3. The summed E-state index contributed by atoms with van der Waals surface area (Å²) in [7, 11) is 0. The summed E-state index contributed by atoms with van der Waals surface area (Å²) in [5, 5.41) is 8.79. The number of carbonyl (C=O) groups excluding carboxylic acids is 2. The van der Waals surface area contributed by atoms with Gasteiger partial charge < -0.3 is 9.64 Å². The molecule has 0 fully saturated rings. The Hall–Kier alpha value is -2.72. The molecule has 2 aromatic rings. The first kappa shape index (κ1) is 20.6. The van der Waals surface area contributed by atoms with Crippen LogP contribution in [0.4, 0.5) is 10.1 Å². The van der Waals surface area contributed by atoms with Gasteiger partial charge in [-0.05, 0) is 49.2 Å². The lowest BCUT2D eigenvalue weighted by Crippen LogP contribution is -2.35. The van der Waals surface area contributed by atoms with E-state index in [0.29, 0.717) is 10.6 Å². The highest BCUT2D eigenvalue weighted by Gasteiger charge is 2.19. The third kappa shape index (κ3) is 5.63. The van der Waals surface area contributed by atoms with E-state index in [1.54, 1.807) is 0 Å². The van der Waals surface area contributed by atoms with Crippen LogP contribution in [0.25, 0.3) is 0 Å². The molecule has 1 aromatic heterocycles. The van der Waals surface area contributed by atoms with Gasteiger partial charge in [-0.25, -0.2) is 9.18 Å². The summed E-state index contributed by atoms with van der Waals surface area (Å²) >= 11 is 1.35. The van der Waals surface area contributed by atoms with Crippen LogP contribution >= 0.6 is 11.3 Å². The highest BCUT2D eigenvalue weighted by molar-refractivity contribution is 7.14. The first-order valence-electron chi connectivity index (χ1n) is 8.65. The molecule has 0 aliphatic rings. The van der Waals surface area contributed by atoms with Crippen molar-refractivity contribution in [3.05, 3.63) is 51.5 Å². The van der Waals surface area contributed by atoms with Gasteiger partial charge >= 0.3 is 5.97 Å². The van der Waals surface area contributed by atoms with Gasteiger partial charge in [0.2, 0.25) is 0 Å². The molecule has 2 rings (SSSR count). The fraction of sp³-hybridized carbons (Fsp3) is 0.350. The summed E-state index contributed by atoms with van der Waals surface area (Å²) in [5.74, 6) is -1.43. The molecule has 27 heavy (non-hydrogen) atoms. The first-order chi connectivity index (χ1) is 13.0. The minimum atomic E-state index is -0.543. The van der Waals surface area contributed by atoms with Crippen molar-refractivity contribution in [1.82, 2.24) is 0 Å². The van der Waals surface area contributed by atoms with Crippen molar-refractivity contribution in [2.45, 2.75) is 33.1 Å². The van der Waals surface area contributed by atoms with E-state index in [9.17, 15) is 14.0 Å². The largest absolute Gasteiger partial charge is 0.451 e. The molecule has 1 amide bonds. The average molecular weight is 388 g/mol. The molecule has 142 valence electrons. The number of rotatable bonds is 8. The zero-order valence-corrected chi connectivity index (χ0v) is 16.1. The van der Waals surface area contributed by atoms with Crippen LogP contribution < -0.4 is 4.90 Å². The number of carbonyl (C=O) groups is 2. The second-order valence-electron chi connectivity index (χ2n) is 5.95. The summed E-state index contributed by atoms with van der Waals surface area (Å²) in [4.78, 5) is 27.6. The van der Waals surface area contributed by atoms with E-state index in [-0.39, 0.29) is 13.0 Å². The van der Waals surface area contributed by atoms with Gasteiger partial charge in [-0.2, -0.15) is 5.26 Å². The van der Waals surface area contributed by atoms with E-state index >= 15 is 0 Å². The summed E-state index contributed by atoms with van der Waals surface area (Å²) < 4.78 is 18.3. The molecule has 1 heterocycles. The van der Waals surface area contributed by atoms with Crippen molar-refractivity contribution >= 4 is 28.9 Å². The number of nitrogens with zero attached hydrogens (tertiary/aromatic N) is 2. The number of hydrogen-bond acceptors (Lipinski definition) is 5. The highest BCUT2D eigenvalue weighted by atomic mass is 32.1. The number of anilines is 1. The number of thiophene rings is 1. The van der Waals surface area contributed by atoms with Gasteiger partial charge in [0.05, 0.1) is 12.5 Å². The van der Waals surface area contributed by atoms with Crippen LogP contribution in [0.5, 0.6) is 0 Å². The molecule has 0 bridgehead atoms. The molecule has 7 heteroatoms. The number of aryl methyl sites for hydroxylation is 2. The SMILES string of the molecule is CCCc1cc(C(=O)OCC(=O)N(CCC#N)c2ccc(F)cc2)sc1C. The van der Waals surface area contributed by atoms with Crippen LogP contribution in [0, 0.1) is 24.1 Å². The van der Waals surface area contributed by atoms with Gasteiger partial charge in [-0.15, -0.1) is 11.3 Å². The zero-order chi connectivity index (χ0) is 19.8. The Morgan fingerprint density at radius 3 is 2.63 bits per heavy atom. The number of hydrogen-bond donors (Lipinski definition) is 0. The lowest BCUT2D eigenvalue weighted by Gasteiger charge is -2.21.